The normalized spacial score (nSPS) is 28.9. The zero-order valence-corrected chi connectivity index (χ0v) is 14.1. The largest absolute Gasteiger partial charge is 0.481 e. The van der Waals surface area contributed by atoms with Gasteiger partial charge in [0.2, 0.25) is 11.8 Å². The van der Waals surface area contributed by atoms with Crippen LogP contribution in [0.1, 0.15) is 42.5 Å². The molecule has 0 amide bonds. The molecule has 2 atom stereocenters. The Morgan fingerprint density at radius 2 is 1.78 bits per heavy atom. The van der Waals surface area contributed by atoms with Gasteiger partial charge in [-0.25, -0.2) is 8.42 Å². The third-order valence-corrected chi connectivity index (χ3v) is 7.66. The average Bonchev–Trinajstić information content (AvgIpc) is 2.52. The lowest BCUT2D eigenvalue weighted by Gasteiger charge is -2.38. The Balaban J connectivity index is 1.87. The minimum Gasteiger partial charge on any atom is -0.481 e. The van der Waals surface area contributed by atoms with Crippen molar-refractivity contribution in [2.75, 3.05) is 14.2 Å². The number of nitrogens with zero attached hydrogens (tertiary/aromatic N) is 1. The average molecular weight is 339 g/mol. The number of hydrogen-bond donors (Lipinski definition) is 0. The Morgan fingerprint density at radius 3 is 2.35 bits per heavy atom. The molecule has 2 saturated heterocycles. The molecule has 0 spiro atoms. The summed E-state index contributed by atoms with van der Waals surface area (Å²) in [4.78, 5) is 17.0. The zero-order chi connectivity index (χ0) is 16.6. The molecule has 2 unspecified atom stereocenters. The van der Waals surface area contributed by atoms with E-state index in [0.29, 0.717) is 37.1 Å². The molecule has 2 bridgehead atoms. The van der Waals surface area contributed by atoms with Crippen LogP contribution in [-0.2, 0) is 9.84 Å². The highest BCUT2D eigenvalue weighted by Gasteiger charge is 2.46. The lowest BCUT2D eigenvalue weighted by atomic mass is 9.84. The van der Waals surface area contributed by atoms with Crippen molar-refractivity contribution in [2.45, 2.75) is 42.6 Å². The van der Waals surface area contributed by atoms with Crippen molar-refractivity contribution in [1.82, 2.24) is 4.98 Å². The molecule has 23 heavy (non-hydrogen) atoms. The first-order valence-electron chi connectivity index (χ1n) is 7.83. The molecule has 0 radical (unpaired) electrons. The molecule has 0 aliphatic carbocycles. The lowest BCUT2D eigenvalue weighted by Crippen LogP contribution is -2.45. The summed E-state index contributed by atoms with van der Waals surface area (Å²) >= 11 is 0. The van der Waals surface area contributed by atoms with Crippen LogP contribution in [0.2, 0.25) is 0 Å². The highest BCUT2D eigenvalue weighted by molar-refractivity contribution is 7.92. The predicted molar refractivity (Wildman–Crippen MR) is 84.7 cm³/mol. The van der Waals surface area contributed by atoms with Gasteiger partial charge in [0, 0.05) is 12.0 Å². The Hall–Kier alpha value is -1.63. The van der Waals surface area contributed by atoms with Crippen molar-refractivity contribution < 1.29 is 22.7 Å². The zero-order valence-electron chi connectivity index (χ0n) is 13.3. The fraction of sp³-hybridized carbons (Fsp3) is 0.625. The van der Waals surface area contributed by atoms with Crippen molar-refractivity contribution >= 4 is 15.6 Å². The molecular formula is C16H21NO5S. The van der Waals surface area contributed by atoms with Crippen LogP contribution in [0, 0.1) is 5.92 Å². The number of fused-ring (bicyclic) bond motifs is 2. The van der Waals surface area contributed by atoms with E-state index in [1.165, 1.54) is 14.2 Å². The van der Waals surface area contributed by atoms with Crippen LogP contribution in [0.25, 0.3) is 0 Å². The van der Waals surface area contributed by atoms with E-state index >= 15 is 0 Å². The lowest BCUT2D eigenvalue weighted by molar-refractivity contribution is 0.0890. The number of pyridine rings is 1. The number of carbonyl (C=O) groups is 1. The van der Waals surface area contributed by atoms with Crippen molar-refractivity contribution in [1.29, 1.82) is 0 Å². The van der Waals surface area contributed by atoms with Gasteiger partial charge in [-0.3, -0.25) is 4.79 Å². The quantitative estimate of drug-likeness (QED) is 0.781. The third kappa shape index (κ3) is 2.82. The number of rotatable bonds is 4. The maximum atomic E-state index is 12.9. The van der Waals surface area contributed by atoms with Gasteiger partial charge in [-0.05, 0) is 31.7 Å². The van der Waals surface area contributed by atoms with E-state index < -0.39 is 9.84 Å². The molecule has 7 heteroatoms. The fourth-order valence-electron chi connectivity index (χ4n) is 3.72. The summed E-state index contributed by atoms with van der Waals surface area (Å²) in [5.74, 6) is 0.246. The van der Waals surface area contributed by atoms with Gasteiger partial charge in [-0.1, -0.05) is 6.42 Å². The predicted octanol–water partition coefficient (Wildman–Crippen LogP) is 2.03. The van der Waals surface area contributed by atoms with E-state index in [4.69, 9.17) is 9.47 Å². The van der Waals surface area contributed by atoms with E-state index in [1.807, 2.05) is 0 Å². The van der Waals surface area contributed by atoms with Gasteiger partial charge in [0.05, 0.1) is 30.3 Å². The van der Waals surface area contributed by atoms with E-state index in [2.05, 4.69) is 4.98 Å². The molecule has 0 aromatic carbocycles. The highest BCUT2D eigenvalue weighted by atomic mass is 32.2. The number of methoxy groups -OCH3 is 2. The molecule has 0 saturated carbocycles. The molecule has 1 aromatic rings. The van der Waals surface area contributed by atoms with Gasteiger partial charge < -0.3 is 9.47 Å². The Labute approximate surface area is 136 Å². The molecule has 1 aromatic heterocycles. The number of Topliss-reactive ketones (excluding diaryl/α,β-unsaturated/α-hetero) is 1. The summed E-state index contributed by atoms with van der Waals surface area (Å²) in [7, 11) is -0.106. The molecule has 6 nitrogen and oxygen atoms in total. The van der Waals surface area contributed by atoms with Crippen LogP contribution in [0.15, 0.2) is 12.1 Å². The molecule has 2 aliphatic rings. The van der Waals surface area contributed by atoms with Gasteiger partial charge in [0.25, 0.3) is 0 Å². The maximum Gasteiger partial charge on any atom is 0.227 e. The minimum absolute atomic E-state index is 0.0798. The molecule has 3 rings (SSSR count). The number of carbonyl (C=O) groups excluding carboxylic acids is 1. The van der Waals surface area contributed by atoms with Gasteiger partial charge in [0.15, 0.2) is 15.6 Å². The Morgan fingerprint density at radius 1 is 1.13 bits per heavy atom. The van der Waals surface area contributed by atoms with E-state index in [1.54, 1.807) is 12.1 Å². The summed E-state index contributed by atoms with van der Waals surface area (Å²) in [5, 5.41) is -0.748. The number of sulfone groups is 1. The summed E-state index contributed by atoms with van der Waals surface area (Å²) in [5.41, 5.74) is 0.399. The van der Waals surface area contributed by atoms with Crippen molar-refractivity contribution in [3.8, 4) is 11.8 Å². The smallest absolute Gasteiger partial charge is 0.227 e. The van der Waals surface area contributed by atoms with E-state index in [0.717, 1.165) is 6.42 Å². The molecule has 126 valence electrons. The monoisotopic (exact) mass is 339 g/mol. The van der Waals surface area contributed by atoms with E-state index in [-0.39, 0.29) is 28.1 Å². The van der Waals surface area contributed by atoms with Gasteiger partial charge in [0.1, 0.15) is 0 Å². The van der Waals surface area contributed by atoms with Gasteiger partial charge >= 0.3 is 0 Å². The summed E-state index contributed by atoms with van der Waals surface area (Å²) in [6.45, 7) is 0. The van der Waals surface area contributed by atoms with Gasteiger partial charge in [-0.2, -0.15) is 4.98 Å². The van der Waals surface area contributed by atoms with Crippen molar-refractivity contribution in [3.05, 3.63) is 17.7 Å². The van der Waals surface area contributed by atoms with Crippen LogP contribution in [-0.4, -0.2) is 43.9 Å². The van der Waals surface area contributed by atoms with Crippen LogP contribution < -0.4 is 9.47 Å². The molecule has 0 N–H and O–H groups in total. The minimum atomic E-state index is -3.06. The Bertz CT molecular complexity index is 695. The second-order valence-corrected chi connectivity index (χ2v) is 8.72. The second kappa shape index (κ2) is 6.11. The first kappa shape index (κ1) is 16.2. The number of ether oxygens (including phenoxy) is 2. The molecule has 3 heterocycles. The van der Waals surface area contributed by atoms with Gasteiger partial charge in [-0.15, -0.1) is 0 Å². The fourth-order valence-corrected chi connectivity index (χ4v) is 6.26. The first-order chi connectivity index (χ1) is 11.0. The van der Waals surface area contributed by atoms with Crippen LogP contribution in [0.4, 0.5) is 0 Å². The molecular weight excluding hydrogens is 318 g/mol. The van der Waals surface area contributed by atoms with Crippen LogP contribution in [0.5, 0.6) is 11.8 Å². The Kier molecular flexibility index (Phi) is 4.31. The standard InChI is InChI=1S/C16H21NO5S/c1-21-14-7-6-13(16(17-14)22-2)15(18)10-8-11-4-3-5-12(9-10)23(11,19)20/h6-7,10-12H,3-5,8-9H2,1-2H3. The highest BCUT2D eigenvalue weighted by Crippen LogP contribution is 2.41. The summed E-state index contributed by atoms with van der Waals surface area (Å²) < 4.78 is 34.9. The number of ketones is 1. The van der Waals surface area contributed by atoms with Crippen LogP contribution in [0.3, 0.4) is 0 Å². The first-order valence-corrected chi connectivity index (χ1v) is 9.44. The SMILES string of the molecule is COc1ccc(C(=O)C2CC3CCCC(C2)S3(=O)=O)c(OC)n1. The molecule has 2 fully saturated rings. The van der Waals surface area contributed by atoms with Crippen molar-refractivity contribution in [2.24, 2.45) is 5.92 Å². The van der Waals surface area contributed by atoms with Crippen LogP contribution >= 0.6 is 0 Å². The topological polar surface area (TPSA) is 82.6 Å². The number of hydrogen-bond acceptors (Lipinski definition) is 6. The third-order valence-electron chi connectivity index (χ3n) is 4.95. The second-order valence-electron chi connectivity index (χ2n) is 6.21. The van der Waals surface area contributed by atoms with E-state index in [9.17, 15) is 13.2 Å². The van der Waals surface area contributed by atoms with Crippen molar-refractivity contribution in [3.63, 3.8) is 0 Å². The summed E-state index contributed by atoms with van der Waals surface area (Å²) in [6.07, 6.45) is 3.09. The summed E-state index contributed by atoms with van der Waals surface area (Å²) in [6, 6.07) is 3.27. The maximum absolute atomic E-state index is 12.9. The molecule has 2 aliphatic heterocycles. The number of aromatic nitrogens is 1.